The normalized spacial score (nSPS) is 17.9. The molecule has 3 aromatic rings. The Bertz CT molecular complexity index is 744. The predicted molar refractivity (Wildman–Crippen MR) is 79.2 cm³/mol. The molecule has 112 valence electrons. The van der Waals surface area contributed by atoms with Crippen molar-refractivity contribution in [1.82, 2.24) is 19.9 Å². The van der Waals surface area contributed by atoms with Crippen molar-refractivity contribution in [3.63, 3.8) is 0 Å². The van der Waals surface area contributed by atoms with Gasteiger partial charge in [0.05, 0.1) is 24.9 Å². The van der Waals surface area contributed by atoms with E-state index in [1.165, 1.54) is 5.56 Å². The molecule has 4 rings (SSSR count). The second-order valence-corrected chi connectivity index (χ2v) is 5.43. The highest BCUT2D eigenvalue weighted by molar-refractivity contribution is 5.49. The van der Waals surface area contributed by atoms with Crippen LogP contribution in [0.3, 0.4) is 0 Å². The Balaban J connectivity index is 1.51. The zero-order chi connectivity index (χ0) is 14.8. The first-order valence-corrected chi connectivity index (χ1v) is 7.36. The minimum Gasteiger partial charge on any atom is -0.381 e. The molecule has 1 saturated heterocycles. The molecule has 1 aliphatic rings. The zero-order valence-corrected chi connectivity index (χ0v) is 12.1. The van der Waals surface area contributed by atoms with Gasteiger partial charge in [-0.15, -0.1) is 0 Å². The molecular weight excluding hydrogens is 280 g/mol. The van der Waals surface area contributed by atoms with E-state index in [-0.39, 0.29) is 5.92 Å². The van der Waals surface area contributed by atoms with Crippen LogP contribution in [0.2, 0.25) is 0 Å². The summed E-state index contributed by atoms with van der Waals surface area (Å²) in [5, 5.41) is 8.42. The van der Waals surface area contributed by atoms with Gasteiger partial charge < -0.3 is 9.26 Å². The maximum Gasteiger partial charge on any atom is 0.261 e. The van der Waals surface area contributed by atoms with E-state index < -0.39 is 0 Å². The maximum absolute atomic E-state index is 5.36. The summed E-state index contributed by atoms with van der Waals surface area (Å²) in [5.74, 6) is 1.49. The van der Waals surface area contributed by atoms with E-state index in [0.717, 1.165) is 31.0 Å². The van der Waals surface area contributed by atoms with E-state index in [1.807, 2.05) is 29.1 Å². The van der Waals surface area contributed by atoms with Crippen molar-refractivity contribution in [1.29, 1.82) is 0 Å². The SMILES string of the molecule is c1ccc(Cn2cc(-c3nc([C@H]4CCOC4)no3)cn2)cc1. The highest BCUT2D eigenvalue weighted by Gasteiger charge is 2.23. The Labute approximate surface area is 127 Å². The van der Waals surface area contributed by atoms with Gasteiger partial charge in [-0.3, -0.25) is 4.68 Å². The average Bonchev–Trinajstić information content (AvgIpc) is 3.29. The third-order valence-corrected chi connectivity index (χ3v) is 3.80. The fourth-order valence-corrected chi connectivity index (χ4v) is 2.59. The first-order valence-electron chi connectivity index (χ1n) is 7.36. The van der Waals surface area contributed by atoms with Crippen molar-refractivity contribution in [2.45, 2.75) is 18.9 Å². The lowest BCUT2D eigenvalue weighted by Gasteiger charge is -2.00. The summed E-state index contributed by atoms with van der Waals surface area (Å²) in [5.41, 5.74) is 2.04. The van der Waals surface area contributed by atoms with Crippen LogP contribution in [-0.2, 0) is 11.3 Å². The summed E-state index contributed by atoms with van der Waals surface area (Å²) in [6, 6.07) is 10.2. The molecule has 0 aliphatic carbocycles. The molecule has 0 amide bonds. The van der Waals surface area contributed by atoms with Crippen LogP contribution >= 0.6 is 0 Å². The van der Waals surface area contributed by atoms with E-state index in [2.05, 4.69) is 27.4 Å². The van der Waals surface area contributed by atoms with Gasteiger partial charge in [-0.2, -0.15) is 10.1 Å². The smallest absolute Gasteiger partial charge is 0.261 e. The van der Waals surface area contributed by atoms with Crippen molar-refractivity contribution >= 4 is 0 Å². The van der Waals surface area contributed by atoms with Crippen LogP contribution in [0, 0.1) is 0 Å². The molecule has 0 saturated carbocycles. The van der Waals surface area contributed by atoms with E-state index in [0.29, 0.717) is 12.5 Å². The Morgan fingerprint density at radius 2 is 2.14 bits per heavy atom. The predicted octanol–water partition coefficient (Wildman–Crippen LogP) is 2.49. The molecular formula is C16H16N4O2. The van der Waals surface area contributed by atoms with Gasteiger partial charge in [0, 0.05) is 18.7 Å². The third-order valence-electron chi connectivity index (χ3n) is 3.80. The van der Waals surface area contributed by atoms with Crippen LogP contribution in [-0.4, -0.2) is 33.1 Å². The quantitative estimate of drug-likeness (QED) is 0.740. The summed E-state index contributed by atoms with van der Waals surface area (Å²) in [6.45, 7) is 2.16. The minimum absolute atomic E-state index is 0.247. The molecule has 0 N–H and O–H groups in total. The molecule has 6 nitrogen and oxygen atoms in total. The van der Waals surface area contributed by atoms with Gasteiger partial charge in [-0.25, -0.2) is 0 Å². The standard InChI is InChI=1S/C16H16N4O2/c1-2-4-12(5-3-1)9-20-10-14(8-17-20)16-18-15(19-22-16)13-6-7-21-11-13/h1-5,8,10,13H,6-7,9,11H2/t13-/m0/s1. The van der Waals surface area contributed by atoms with Crippen LogP contribution < -0.4 is 0 Å². The van der Waals surface area contributed by atoms with Crippen molar-refractivity contribution in [3.8, 4) is 11.5 Å². The van der Waals surface area contributed by atoms with Gasteiger partial charge >= 0.3 is 0 Å². The highest BCUT2D eigenvalue weighted by Crippen LogP contribution is 2.25. The lowest BCUT2D eigenvalue weighted by molar-refractivity contribution is 0.192. The molecule has 1 atom stereocenters. The van der Waals surface area contributed by atoms with Crippen molar-refractivity contribution in [2.24, 2.45) is 0 Å². The molecule has 1 aromatic carbocycles. The van der Waals surface area contributed by atoms with Gasteiger partial charge in [-0.05, 0) is 12.0 Å². The Morgan fingerprint density at radius 1 is 1.23 bits per heavy atom. The fourth-order valence-electron chi connectivity index (χ4n) is 2.59. The van der Waals surface area contributed by atoms with Crippen LogP contribution in [0.15, 0.2) is 47.2 Å². The summed E-state index contributed by atoms with van der Waals surface area (Å²) < 4.78 is 12.6. The molecule has 22 heavy (non-hydrogen) atoms. The van der Waals surface area contributed by atoms with Crippen molar-refractivity contribution in [3.05, 3.63) is 54.1 Å². The second kappa shape index (κ2) is 5.73. The number of hydrogen-bond donors (Lipinski definition) is 0. The molecule has 3 heterocycles. The first kappa shape index (κ1) is 13.2. The van der Waals surface area contributed by atoms with Gasteiger partial charge in [0.2, 0.25) is 0 Å². The fraction of sp³-hybridized carbons (Fsp3) is 0.312. The second-order valence-electron chi connectivity index (χ2n) is 5.43. The Kier molecular flexibility index (Phi) is 3.44. The maximum atomic E-state index is 5.36. The van der Waals surface area contributed by atoms with Crippen LogP contribution in [0.5, 0.6) is 0 Å². The molecule has 0 spiro atoms. The largest absolute Gasteiger partial charge is 0.381 e. The van der Waals surface area contributed by atoms with Gasteiger partial charge in [0.15, 0.2) is 5.82 Å². The van der Waals surface area contributed by atoms with E-state index in [9.17, 15) is 0 Å². The van der Waals surface area contributed by atoms with Crippen molar-refractivity contribution in [2.75, 3.05) is 13.2 Å². The van der Waals surface area contributed by atoms with E-state index in [4.69, 9.17) is 9.26 Å². The highest BCUT2D eigenvalue weighted by atomic mass is 16.5. The Hall–Kier alpha value is -2.47. The number of nitrogens with zero attached hydrogens (tertiary/aromatic N) is 4. The number of aromatic nitrogens is 4. The van der Waals surface area contributed by atoms with Gasteiger partial charge in [0.25, 0.3) is 5.89 Å². The van der Waals surface area contributed by atoms with E-state index >= 15 is 0 Å². The molecule has 1 aliphatic heterocycles. The molecule has 0 radical (unpaired) electrons. The topological polar surface area (TPSA) is 66.0 Å². The van der Waals surface area contributed by atoms with Gasteiger partial charge in [-0.1, -0.05) is 35.5 Å². The van der Waals surface area contributed by atoms with Crippen LogP contribution in [0.4, 0.5) is 0 Å². The molecule has 0 bridgehead atoms. The number of benzene rings is 1. The summed E-state index contributed by atoms with van der Waals surface area (Å²) in [6.07, 6.45) is 4.63. The first-order chi connectivity index (χ1) is 10.9. The van der Waals surface area contributed by atoms with Crippen molar-refractivity contribution < 1.29 is 9.26 Å². The summed E-state index contributed by atoms with van der Waals surface area (Å²) in [4.78, 5) is 4.47. The monoisotopic (exact) mass is 296 g/mol. The van der Waals surface area contributed by atoms with Crippen LogP contribution in [0.25, 0.3) is 11.5 Å². The van der Waals surface area contributed by atoms with Crippen LogP contribution in [0.1, 0.15) is 23.7 Å². The number of rotatable bonds is 4. The summed E-state index contributed by atoms with van der Waals surface area (Å²) >= 11 is 0. The molecule has 0 unspecified atom stereocenters. The number of hydrogen-bond acceptors (Lipinski definition) is 5. The minimum atomic E-state index is 0.247. The zero-order valence-electron chi connectivity index (χ0n) is 12.1. The molecule has 1 fully saturated rings. The summed E-state index contributed by atoms with van der Waals surface area (Å²) in [7, 11) is 0. The number of ether oxygens (including phenoxy) is 1. The average molecular weight is 296 g/mol. The van der Waals surface area contributed by atoms with Gasteiger partial charge in [0.1, 0.15) is 0 Å². The lowest BCUT2D eigenvalue weighted by atomic mass is 10.1. The molecule has 6 heteroatoms. The lowest BCUT2D eigenvalue weighted by Crippen LogP contribution is -1.99. The third kappa shape index (κ3) is 2.65. The molecule has 2 aromatic heterocycles. The van der Waals surface area contributed by atoms with E-state index in [1.54, 1.807) is 6.20 Å². The Morgan fingerprint density at radius 3 is 2.95 bits per heavy atom.